The van der Waals surface area contributed by atoms with E-state index in [-0.39, 0.29) is 5.75 Å². The number of nitrogens with zero attached hydrogens (tertiary/aromatic N) is 1. The van der Waals surface area contributed by atoms with Gasteiger partial charge >= 0.3 is 6.03 Å². The number of hydrogen-bond acceptors (Lipinski definition) is 5. The third kappa shape index (κ3) is 4.23. The molecular formula is C20H18F2N2O5S. The van der Waals surface area contributed by atoms with Crippen molar-refractivity contribution in [3.63, 3.8) is 0 Å². The lowest BCUT2D eigenvalue weighted by Crippen LogP contribution is -2.41. The molecule has 0 saturated carbocycles. The monoisotopic (exact) mass is 436 g/mol. The SMILES string of the molecule is CC1(c2ccc(CS(C)(=O)=O)cc2)NC(=O)N(CC(=O)c2ccc(F)cc2F)C1=O. The Kier molecular flexibility index (Phi) is 5.46. The summed E-state index contributed by atoms with van der Waals surface area (Å²) in [6.45, 7) is 0.733. The van der Waals surface area contributed by atoms with Crippen LogP contribution < -0.4 is 5.32 Å². The summed E-state index contributed by atoms with van der Waals surface area (Å²) >= 11 is 0. The minimum absolute atomic E-state index is 0.172. The molecule has 1 unspecified atom stereocenters. The zero-order chi connectivity index (χ0) is 22.3. The van der Waals surface area contributed by atoms with Gasteiger partial charge < -0.3 is 5.32 Å². The summed E-state index contributed by atoms with van der Waals surface area (Å²) in [6.07, 6.45) is 1.10. The van der Waals surface area contributed by atoms with Gasteiger partial charge in [-0.2, -0.15) is 0 Å². The van der Waals surface area contributed by atoms with Gasteiger partial charge in [-0.1, -0.05) is 24.3 Å². The lowest BCUT2D eigenvalue weighted by molar-refractivity contribution is -0.130. The van der Waals surface area contributed by atoms with Crippen molar-refractivity contribution < 1.29 is 31.6 Å². The lowest BCUT2D eigenvalue weighted by Gasteiger charge is -2.22. The highest BCUT2D eigenvalue weighted by atomic mass is 32.2. The Bertz CT molecular complexity index is 1150. The summed E-state index contributed by atoms with van der Waals surface area (Å²) in [6, 6.07) is 7.66. The average molecular weight is 436 g/mol. The lowest BCUT2D eigenvalue weighted by atomic mass is 9.91. The summed E-state index contributed by atoms with van der Waals surface area (Å²) in [4.78, 5) is 38.3. The number of halogens is 2. The molecule has 0 bridgehead atoms. The van der Waals surface area contributed by atoms with E-state index in [4.69, 9.17) is 0 Å². The van der Waals surface area contributed by atoms with Gasteiger partial charge in [0.05, 0.1) is 17.9 Å². The molecule has 2 aromatic carbocycles. The van der Waals surface area contributed by atoms with E-state index < -0.39 is 56.8 Å². The number of ketones is 1. The number of urea groups is 1. The van der Waals surface area contributed by atoms with Crippen LogP contribution in [0.15, 0.2) is 42.5 Å². The molecule has 1 heterocycles. The molecule has 1 saturated heterocycles. The Morgan fingerprint density at radius 1 is 1.10 bits per heavy atom. The van der Waals surface area contributed by atoms with E-state index in [2.05, 4.69) is 5.32 Å². The Balaban J connectivity index is 1.82. The average Bonchev–Trinajstić information content (AvgIpc) is 2.85. The predicted octanol–water partition coefficient (Wildman–Crippen LogP) is 2.16. The molecule has 1 aliphatic rings. The minimum Gasteiger partial charge on any atom is -0.319 e. The minimum atomic E-state index is -3.24. The number of carbonyl (C=O) groups excluding carboxylic acids is 3. The van der Waals surface area contributed by atoms with Crippen molar-refractivity contribution in [1.82, 2.24) is 10.2 Å². The number of benzene rings is 2. The van der Waals surface area contributed by atoms with E-state index in [1.54, 1.807) is 0 Å². The number of nitrogens with one attached hydrogen (secondary N) is 1. The molecule has 158 valence electrons. The number of carbonyl (C=O) groups is 3. The van der Waals surface area contributed by atoms with Crippen LogP contribution in [-0.4, -0.2) is 43.8 Å². The maximum Gasteiger partial charge on any atom is 0.325 e. The number of rotatable bonds is 6. The maximum atomic E-state index is 13.8. The van der Waals surface area contributed by atoms with Gasteiger partial charge in [0.15, 0.2) is 15.6 Å². The van der Waals surface area contributed by atoms with Gasteiger partial charge in [-0.25, -0.2) is 22.0 Å². The zero-order valence-electron chi connectivity index (χ0n) is 16.1. The van der Waals surface area contributed by atoms with Crippen LogP contribution in [0.4, 0.5) is 13.6 Å². The molecule has 1 aliphatic heterocycles. The maximum absolute atomic E-state index is 13.8. The van der Waals surface area contributed by atoms with Crippen LogP contribution >= 0.6 is 0 Å². The molecule has 0 spiro atoms. The van der Waals surface area contributed by atoms with E-state index in [1.165, 1.54) is 31.2 Å². The van der Waals surface area contributed by atoms with Crippen LogP contribution in [0.2, 0.25) is 0 Å². The second kappa shape index (κ2) is 7.60. The van der Waals surface area contributed by atoms with E-state index in [0.717, 1.165) is 18.4 Å². The van der Waals surface area contributed by atoms with Crippen LogP contribution in [0.3, 0.4) is 0 Å². The van der Waals surface area contributed by atoms with Crippen LogP contribution in [0, 0.1) is 11.6 Å². The third-order valence-corrected chi connectivity index (χ3v) is 5.63. The summed E-state index contributed by atoms with van der Waals surface area (Å²) in [5.41, 5.74) is -1.01. The fourth-order valence-corrected chi connectivity index (χ4v) is 4.02. The molecule has 30 heavy (non-hydrogen) atoms. The first kappa shape index (κ1) is 21.6. The largest absolute Gasteiger partial charge is 0.325 e. The van der Waals surface area contributed by atoms with Crippen molar-refractivity contribution in [1.29, 1.82) is 0 Å². The molecule has 7 nitrogen and oxygen atoms in total. The van der Waals surface area contributed by atoms with E-state index in [9.17, 15) is 31.6 Å². The highest BCUT2D eigenvalue weighted by Gasteiger charge is 2.49. The van der Waals surface area contributed by atoms with Gasteiger partial charge in [0.1, 0.15) is 17.2 Å². The van der Waals surface area contributed by atoms with Crippen LogP contribution in [0.1, 0.15) is 28.4 Å². The molecule has 0 aromatic heterocycles. The van der Waals surface area contributed by atoms with Gasteiger partial charge in [0.2, 0.25) is 0 Å². The molecule has 1 fully saturated rings. The summed E-state index contributed by atoms with van der Waals surface area (Å²) in [5.74, 6) is -3.70. The number of Topliss-reactive ketones (excluding diaryl/α,β-unsaturated/α-hetero) is 1. The fraction of sp³-hybridized carbons (Fsp3) is 0.250. The molecule has 10 heteroatoms. The Morgan fingerprint density at radius 3 is 2.30 bits per heavy atom. The van der Waals surface area contributed by atoms with Crippen molar-refractivity contribution in [3.8, 4) is 0 Å². The zero-order valence-corrected chi connectivity index (χ0v) is 16.9. The molecular weight excluding hydrogens is 418 g/mol. The Hall–Kier alpha value is -3.14. The van der Waals surface area contributed by atoms with Crippen molar-refractivity contribution in [2.24, 2.45) is 0 Å². The van der Waals surface area contributed by atoms with Gasteiger partial charge in [0, 0.05) is 12.3 Å². The highest BCUT2D eigenvalue weighted by Crippen LogP contribution is 2.29. The molecule has 0 radical (unpaired) electrons. The van der Waals surface area contributed by atoms with Crippen LogP contribution in [0.25, 0.3) is 0 Å². The Morgan fingerprint density at radius 2 is 1.73 bits per heavy atom. The predicted molar refractivity (Wildman–Crippen MR) is 103 cm³/mol. The number of imide groups is 1. The molecule has 1 N–H and O–H groups in total. The molecule has 3 rings (SSSR count). The van der Waals surface area contributed by atoms with Crippen molar-refractivity contribution in [2.45, 2.75) is 18.2 Å². The summed E-state index contributed by atoms with van der Waals surface area (Å²) in [7, 11) is -3.24. The first-order chi connectivity index (χ1) is 13.9. The van der Waals surface area contributed by atoms with Crippen molar-refractivity contribution in [3.05, 3.63) is 70.8 Å². The van der Waals surface area contributed by atoms with Crippen LogP contribution in [-0.2, 0) is 25.9 Å². The molecule has 3 amide bonds. The van der Waals surface area contributed by atoms with Crippen molar-refractivity contribution in [2.75, 3.05) is 12.8 Å². The number of amides is 3. The topological polar surface area (TPSA) is 101 Å². The second-order valence-electron chi connectivity index (χ2n) is 7.26. The van der Waals surface area contributed by atoms with Gasteiger partial charge in [0.25, 0.3) is 5.91 Å². The van der Waals surface area contributed by atoms with Crippen LogP contribution in [0.5, 0.6) is 0 Å². The first-order valence-electron chi connectivity index (χ1n) is 8.80. The fourth-order valence-electron chi connectivity index (χ4n) is 3.22. The van der Waals surface area contributed by atoms with E-state index in [1.807, 2.05) is 0 Å². The van der Waals surface area contributed by atoms with Gasteiger partial charge in [-0.3, -0.25) is 14.5 Å². The molecule has 0 aliphatic carbocycles. The van der Waals surface area contributed by atoms with E-state index in [0.29, 0.717) is 22.1 Å². The van der Waals surface area contributed by atoms with Crippen molar-refractivity contribution >= 4 is 27.6 Å². The normalized spacial score (nSPS) is 19.1. The third-order valence-electron chi connectivity index (χ3n) is 4.77. The molecule has 1 atom stereocenters. The first-order valence-corrected chi connectivity index (χ1v) is 10.9. The second-order valence-corrected chi connectivity index (χ2v) is 9.40. The standard InChI is InChI=1S/C20H18F2N2O5S/c1-20(13-5-3-12(4-6-13)11-30(2,28)29)18(26)24(19(27)23-20)10-17(25)15-8-7-14(21)9-16(15)22/h3-9H,10-11H2,1-2H3,(H,23,27). The highest BCUT2D eigenvalue weighted by molar-refractivity contribution is 7.89. The van der Waals surface area contributed by atoms with Gasteiger partial charge in [-0.15, -0.1) is 0 Å². The summed E-state index contributed by atoms with van der Waals surface area (Å²) < 4.78 is 49.7. The number of hydrogen-bond donors (Lipinski definition) is 1. The number of sulfone groups is 1. The van der Waals surface area contributed by atoms with E-state index >= 15 is 0 Å². The summed E-state index contributed by atoms with van der Waals surface area (Å²) in [5, 5.41) is 2.51. The Labute approximate surface area is 171 Å². The smallest absolute Gasteiger partial charge is 0.319 e. The quantitative estimate of drug-likeness (QED) is 0.553. The molecule has 2 aromatic rings. The van der Waals surface area contributed by atoms with Gasteiger partial charge in [-0.05, 0) is 30.2 Å².